The summed E-state index contributed by atoms with van der Waals surface area (Å²) < 4.78 is 1.88. The maximum Gasteiger partial charge on any atom is 0.356 e. The Morgan fingerprint density at radius 2 is 2.31 bits per heavy atom. The molecule has 0 spiro atoms. The number of aromatic carboxylic acids is 1. The first-order chi connectivity index (χ1) is 7.65. The molecular formula is C12H14N2O2. The molecule has 2 aromatic heterocycles. The summed E-state index contributed by atoms with van der Waals surface area (Å²) in [6.45, 7) is 3.95. The van der Waals surface area contributed by atoms with E-state index in [0.717, 1.165) is 24.2 Å². The van der Waals surface area contributed by atoms with Crippen molar-refractivity contribution < 1.29 is 9.90 Å². The smallest absolute Gasteiger partial charge is 0.356 e. The third-order valence-electron chi connectivity index (χ3n) is 2.62. The lowest BCUT2D eigenvalue weighted by Gasteiger charge is -2.01. The van der Waals surface area contributed by atoms with Crippen LogP contribution in [0.4, 0.5) is 0 Å². The lowest BCUT2D eigenvalue weighted by molar-refractivity contribution is 0.0693. The van der Waals surface area contributed by atoms with Gasteiger partial charge in [0.2, 0.25) is 0 Å². The Morgan fingerprint density at radius 3 is 2.94 bits per heavy atom. The van der Waals surface area contributed by atoms with Crippen LogP contribution >= 0.6 is 0 Å². The standard InChI is InChI=1S/C12H14N2O2/c1-3-5-9-13-10(12(15)16)11-8(2)6-4-7-14(9)11/h4,6-7H,3,5H2,1-2H3,(H,15,16). The minimum Gasteiger partial charge on any atom is -0.476 e. The van der Waals surface area contributed by atoms with E-state index < -0.39 is 5.97 Å². The van der Waals surface area contributed by atoms with E-state index in [1.54, 1.807) is 0 Å². The Kier molecular flexibility index (Phi) is 2.64. The van der Waals surface area contributed by atoms with Crippen molar-refractivity contribution in [2.45, 2.75) is 26.7 Å². The third-order valence-corrected chi connectivity index (χ3v) is 2.62. The summed E-state index contributed by atoms with van der Waals surface area (Å²) in [5, 5.41) is 9.11. The summed E-state index contributed by atoms with van der Waals surface area (Å²) in [7, 11) is 0. The average molecular weight is 218 g/mol. The van der Waals surface area contributed by atoms with E-state index in [1.807, 2.05) is 29.7 Å². The molecule has 0 aliphatic rings. The fraction of sp³-hybridized carbons (Fsp3) is 0.333. The topological polar surface area (TPSA) is 54.6 Å². The van der Waals surface area contributed by atoms with Crippen LogP contribution in [0.15, 0.2) is 18.3 Å². The van der Waals surface area contributed by atoms with Gasteiger partial charge in [0.1, 0.15) is 5.82 Å². The summed E-state index contributed by atoms with van der Waals surface area (Å²) in [6, 6.07) is 3.81. The molecule has 16 heavy (non-hydrogen) atoms. The van der Waals surface area contributed by atoms with Crippen LogP contribution < -0.4 is 0 Å². The number of carbonyl (C=O) groups is 1. The molecule has 0 radical (unpaired) electrons. The lowest BCUT2D eigenvalue weighted by atomic mass is 10.2. The molecule has 0 aliphatic heterocycles. The number of hydrogen-bond acceptors (Lipinski definition) is 2. The predicted octanol–water partition coefficient (Wildman–Crippen LogP) is 2.29. The zero-order valence-electron chi connectivity index (χ0n) is 9.40. The predicted molar refractivity (Wildman–Crippen MR) is 60.9 cm³/mol. The molecular weight excluding hydrogens is 204 g/mol. The number of carboxylic acid groups (broad SMARTS) is 1. The first-order valence-corrected chi connectivity index (χ1v) is 5.35. The van der Waals surface area contributed by atoms with Crippen molar-refractivity contribution in [1.82, 2.24) is 9.38 Å². The van der Waals surface area contributed by atoms with E-state index in [2.05, 4.69) is 11.9 Å². The quantitative estimate of drug-likeness (QED) is 0.859. The Balaban J connectivity index is 2.76. The Bertz CT molecular complexity index is 543. The second kappa shape index (κ2) is 3.96. The van der Waals surface area contributed by atoms with Gasteiger partial charge in [-0.1, -0.05) is 13.0 Å². The highest BCUT2D eigenvalue weighted by molar-refractivity contribution is 5.94. The van der Waals surface area contributed by atoms with Crippen molar-refractivity contribution in [2.75, 3.05) is 0 Å². The molecule has 0 bridgehead atoms. The molecule has 4 heteroatoms. The summed E-state index contributed by atoms with van der Waals surface area (Å²) in [6.07, 6.45) is 3.61. The van der Waals surface area contributed by atoms with Crippen molar-refractivity contribution in [3.05, 3.63) is 35.4 Å². The van der Waals surface area contributed by atoms with Crippen LogP contribution in [0.25, 0.3) is 5.52 Å². The first-order valence-electron chi connectivity index (χ1n) is 5.35. The number of carboxylic acids is 1. The molecule has 0 amide bonds. The Hall–Kier alpha value is -1.84. The van der Waals surface area contributed by atoms with Gasteiger partial charge in [-0.25, -0.2) is 9.78 Å². The molecule has 0 atom stereocenters. The van der Waals surface area contributed by atoms with Crippen molar-refractivity contribution in [1.29, 1.82) is 0 Å². The SMILES string of the molecule is CCCc1nc(C(=O)O)c2c(C)cccn12. The number of rotatable bonds is 3. The van der Waals surface area contributed by atoms with Gasteiger partial charge in [-0.2, -0.15) is 0 Å². The molecule has 0 saturated carbocycles. The molecule has 2 aromatic rings. The van der Waals surface area contributed by atoms with Crippen LogP contribution in [0.1, 0.15) is 35.2 Å². The van der Waals surface area contributed by atoms with Gasteiger partial charge in [0.15, 0.2) is 5.69 Å². The molecule has 4 nitrogen and oxygen atoms in total. The van der Waals surface area contributed by atoms with E-state index in [4.69, 9.17) is 5.11 Å². The second-order valence-corrected chi connectivity index (χ2v) is 3.84. The molecule has 2 heterocycles. The zero-order chi connectivity index (χ0) is 11.7. The van der Waals surface area contributed by atoms with Crippen LogP contribution in [-0.2, 0) is 6.42 Å². The fourth-order valence-corrected chi connectivity index (χ4v) is 1.92. The van der Waals surface area contributed by atoms with Gasteiger partial charge >= 0.3 is 5.97 Å². The summed E-state index contributed by atoms with van der Waals surface area (Å²) in [5.41, 5.74) is 1.80. The van der Waals surface area contributed by atoms with Crippen molar-refractivity contribution in [3.8, 4) is 0 Å². The minimum atomic E-state index is -0.964. The maximum absolute atomic E-state index is 11.1. The monoisotopic (exact) mass is 218 g/mol. The molecule has 0 aliphatic carbocycles. The first kappa shape index (κ1) is 10.7. The van der Waals surface area contributed by atoms with Gasteiger partial charge in [0.25, 0.3) is 0 Å². The number of nitrogens with zero attached hydrogens (tertiary/aromatic N) is 2. The molecule has 0 aromatic carbocycles. The van der Waals surface area contributed by atoms with Gasteiger partial charge in [-0.05, 0) is 25.0 Å². The van der Waals surface area contributed by atoms with Gasteiger partial charge in [-0.3, -0.25) is 0 Å². The molecule has 0 fully saturated rings. The van der Waals surface area contributed by atoms with Crippen molar-refractivity contribution in [3.63, 3.8) is 0 Å². The van der Waals surface area contributed by atoms with E-state index >= 15 is 0 Å². The normalized spacial score (nSPS) is 10.9. The van der Waals surface area contributed by atoms with E-state index in [9.17, 15) is 4.79 Å². The molecule has 84 valence electrons. The highest BCUT2D eigenvalue weighted by Gasteiger charge is 2.17. The highest BCUT2D eigenvalue weighted by atomic mass is 16.4. The van der Waals surface area contributed by atoms with Gasteiger partial charge < -0.3 is 9.51 Å². The second-order valence-electron chi connectivity index (χ2n) is 3.84. The molecule has 0 saturated heterocycles. The maximum atomic E-state index is 11.1. The van der Waals surface area contributed by atoms with Crippen LogP contribution in [0.2, 0.25) is 0 Å². The van der Waals surface area contributed by atoms with E-state index in [0.29, 0.717) is 5.52 Å². The zero-order valence-corrected chi connectivity index (χ0v) is 9.40. The summed E-state index contributed by atoms with van der Waals surface area (Å²) in [4.78, 5) is 15.3. The number of hydrogen-bond donors (Lipinski definition) is 1. The third kappa shape index (κ3) is 1.56. The van der Waals surface area contributed by atoms with Crippen LogP contribution in [0.5, 0.6) is 0 Å². The number of fused-ring (bicyclic) bond motifs is 1. The fourth-order valence-electron chi connectivity index (χ4n) is 1.92. The number of aryl methyl sites for hydroxylation is 2. The number of imidazole rings is 1. The van der Waals surface area contributed by atoms with Crippen molar-refractivity contribution >= 4 is 11.5 Å². The van der Waals surface area contributed by atoms with Gasteiger partial charge in [0, 0.05) is 12.6 Å². The average Bonchev–Trinajstić information content (AvgIpc) is 2.60. The highest BCUT2D eigenvalue weighted by Crippen LogP contribution is 2.18. The van der Waals surface area contributed by atoms with Crippen LogP contribution in [0, 0.1) is 6.92 Å². The molecule has 0 unspecified atom stereocenters. The number of aromatic nitrogens is 2. The van der Waals surface area contributed by atoms with E-state index in [-0.39, 0.29) is 5.69 Å². The molecule has 1 N–H and O–H groups in total. The van der Waals surface area contributed by atoms with E-state index in [1.165, 1.54) is 0 Å². The summed E-state index contributed by atoms with van der Waals surface area (Å²) in [5.74, 6) is -0.146. The molecule has 2 rings (SSSR count). The van der Waals surface area contributed by atoms with Gasteiger partial charge in [-0.15, -0.1) is 0 Å². The largest absolute Gasteiger partial charge is 0.476 e. The number of pyridine rings is 1. The van der Waals surface area contributed by atoms with Crippen molar-refractivity contribution in [2.24, 2.45) is 0 Å². The Labute approximate surface area is 93.5 Å². The Morgan fingerprint density at radius 1 is 1.56 bits per heavy atom. The summed E-state index contributed by atoms with van der Waals surface area (Å²) >= 11 is 0. The van der Waals surface area contributed by atoms with Crippen LogP contribution in [-0.4, -0.2) is 20.5 Å². The van der Waals surface area contributed by atoms with Crippen LogP contribution in [0.3, 0.4) is 0 Å². The lowest BCUT2D eigenvalue weighted by Crippen LogP contribution is -1.98. The van der Waals surface area contributed by atoms with Gasteiger partial charge in [0.05, 0.1) is 5.52 Å². The minimum absolute atomic E-state index is 0.154.